The molecule has 232 valence electrons. The highest BCUT2D eigenvalue weighted by atomic mass is 19.1. The summed E-state index contributed by atoms with van der Waals surface area (Å²) in [5.74, 6) is -0.265. The van der Waals surface area contributed by atoms with Crippen LogP contribution in [0.1, 0.15) is 47.2 Å². The molecule has 0 saturated heterocycles. The van der Waals surface area contributed by atoms with Crippen molar-refractivity contribution < 1.29 is 28.2 Å². The minimum absolute atomic E-state index is 0.00265. The van der Waals surface area contributed by atoms with Gasteiger partial charge in [-0.05, 0) is 67.3 Å². The molecule has 7 nitrogen and oxygen atoms in total. The third-order valence-corrected chi connectivity index (χ3v) is 8.02. The van der Waals surface area contributed by atoms with Crippen molar-refractivity contribution in [2.24, 2.45) is 5.92 Å². The maximum atomic E-state index is 13.9. The number of ether oxygens (including phenoxy) is 2. The van der Waals surface area contributed by atoms with E-state index in [-0.39, 0.29) is 23.4 Å². The number of esters is 1. The second-order valence-corrected chi connectivity index (χ2v) is 11.1. The molecule has 0 aromatic heterocycles. The number of hydrogen-bond acceptors (Lipinski definition) is 6. The Hall–Kier alpha value is -4.98. The van der Waals surface area contributed by atoms with Gasteiger partial charge in [-0.25, -0.2) is 9.18 Å². The third-order valence-electron chi connectivity index (χ3n) is 8.02. The van der Waals surface area contributed by atoms with E-state index in [0.717, 1.165) is 24.8 Å². The van der Waals surface area contributed by atoms with Crippen molar-refractivity contribution in [1.82, 2.24) is 0 Å². The molecule has 8 heteroatoms. The lowest BCUT2D eigenvalue weighted by atomic mass is 9.84. The van der Waals surface area contributed by atoms with Crippen LogP contribution in [0, 0.1) is 11.7 Å². The molecule has 0 aliphatic heterocycles. The largest absolute Gasteiger partial charge is 0.494 e. The fourth-order valence-electron chi connectivity index (χ4n) is 5.33. The number of carbonyl (C=O) groups is 3. The molecular formula is C37H37FN2O5. The van der Waals surface area contributed by atoms with Crippen LogP contribution in [-0.2, 0) is 20.7 Å². The first kappa shape index (κ1) is 31.4. The van der Waals surface area contributed by atoms with E-state index in [4.69, 9.17) is 9.47 Å². The van der Waals surface area contributed by atoms with Gasteiger partial charge >= 0.3 is 5.97 Å². The summed E-state index contributed by atoms with van der Waals surface area (Å²) in [4.78, 5) is 40.7. The van der Waals surface area contributed by atoms with Gasteiger partial charge < -0.3 is 19.7 Å². The van der Waals surface area contributed by atoms with E-state index in [1.807, 2.05) is 48.5 Å². The highest BCUT2D eigenvalue weighted by molar-refractivity contribution is 6.12. The highest BCUT2D eigenvalue weighted by Gasteiger charge is 2.30. The fourth-order valence-corrected chi connectivity index (χ4v) is 5.33. The molecule has 4 aromatic carbocycles. The Kier molecular flexibility index (Phi) is 10.6. The number of amides is 1. The molecule has 1 atom stereocenters. The lowest BCUT2D eigenvalue weighted by molar-refractivity contribution is -0.141. The van der Waals surface area contributed by atoms with Crippen molar-refractivity contribution in [3.8, 4) is 5.75 Å². The fraction of sp³-hybridized carbons (Fsp3) is 0.270. The molecule has 0 heterocycles. The minimum atomic E-state index is -0.728. The summed E-state index contributed by atoms with van der Waals surface area (Å²) in [7, 11) is 1.34. The molecule has 45 heavy (non-hydrogen) atoms. The summed E-state index contributed by atoms with van der Waals surface area (Å²) < 4.78 is 24.9. The number of para-hydroxylation sites is 1. The van der Waals surface area contributed by atoms with Gasteiger partial charge in [0.05, 0.1) is 13.7 Å². The van der Waals surface area contributed by atoms with E-state index in [0.29, 0.717) is 54.2 Å². The molecule has 0 bridgehead atoms. The SMILES string of the molecule is COC(=O)C(Cc1ccc(OCCCN(C(=O)C2CCC2)c2cccc(F)c2)cc1)Nc1ccccc1C(=O)c1ccccc1. The summed E-state index contributed by atoms with van der Waals surface area (Å²) in [6.45, 7) is 0.805. The maximum Gasteiger partial charge on any atom is 0.328 e. The number of anilines is 2. The number of halogens is 1. The summed E-state index contributed by atoms with van der Waals surface area (Å²) >= 11 is 0. The number of nitrogens with one attached hydrogen (secondary N) is 1. The quantitative estimate of drug-likeness (QED) is 0.0957. The zero-order valence-electron chi connectivity index (χ0n) is 25.3. The Bertz CT molecular complexity index is 1600. The molecule has 1 fully saturated rings. The molecule has 1 amide bonds. The van der Waals surface area contributed by atoms with Crippen LogP contribution < -0.4 is 15.0 Å². The van der Waals surface area contributed by atoms with Gasteiger partial charge in [-0.1, -0.05) is 67.1 Å². The Morgan fingerprint density at radius 2 is 1.64 bits per heavy atom. The molecule has 1 N–H and O–H groups in total. The summed E-state index contributed by atoms with van der Waals surface area (Å²) in [6.07, 6.45) is 3.69. The molecule has 1 unspecified atom stereocenters. The van der Waals surface area contributed by atoms with Gasteiger partial charge in [0.15, 0.2) is 5.78 Å². The van der Waals surface area contributed by atoms with Crippen LogP contribution >= 0.6 is 0 Å². The van der Waals surface area contributed by atoms with Gasteiger partial charge in [-0.15, -0.1) is 0 Å². The third kappa shape index (κ3) is 8.15. The van der Waals surface area contributed by atoms with Crippen LogP contribution in [0.15, 0.2) is 103 Å². The smallest absolute Gasteiger partial charge is 0.328 e. The predicted molar refractivity (Wildman–Crippen MR) is 172 cm³/mol. The van der Waals surface area contributed by atoms with Gasteiger partial charge in [0.2, 0.25) is 5.91 Å². The lowest BCUT2D eigenvalue weighted by Gasteiger charge is -2.31. The van der Waals surface area contributed by atoms with Crippen molar-refractivity contribution in [2.75, 3.05) is 30.5 Å². The zero-order valence-corrected chi connectivity index (χ0v) is 25.3. The first-order chi connectivity index (χ1) is 21.9. The molecule has 0 radical (unpaired) electrons. The highest BCUT2D eigenvalue weighted by Crippen LogP contribution is 2.30. The van der Waals surface area contributed by atoms with E-state index < -0.39 is 12.0 Å². The average Bonchev–Trinajstić information content (AvgIpc) is 3.04. The molecule has 1 aliphatic rings. The number of methoxy groups -OCH3 is 1. The van der Waals surface area contributed by atoms with Crippen LogP contribution in [0.4, 0.5) is 15.8 Å². The normalized spacial score (nSPS) is 13.3. The van der Waals surface area contributed by atoms with Crippen LogP contribution in [-0.4, -0.2) is 44.0 Å². The van der Waals surface area contributed by atoms with Gasteiger partial charge in [0.1, 0.15) is 17.6 Å². The molecule has 4 aromatic rings. The second kappa shape index (κ2) is 15.1. The van der Waals surface area contributed by atoms with Crippen molar-refractivity contribution in [2.45, 2.75) is 38.1 Å². The molecule has 1 saturated carbocycles. The van der Waals surface area contributed by atoms with E-state index in [1.165, 1.54) is 19.2 Å². The number of rotatable bonds is 14. The van der Waals surface area contributed by atoms with Gasteiger partial charge in [-0.2, -0.15) is 0 Å². The lowest BCUT2D eigenvalue weighted by Crippen LogP contribution is -2.40. The molecular weight excluding hydrogens is 571 g/mol. The van der Waals surface area contributed by atoms with Gasteiger partial charge in [-0.3, -0.25) is 9.59 Å². The standard InChI is InChI=1S/C37H37FN2O5/c1-44-37(43)34(39-33-17-6-5-16-32(33)35(41)27-10-3-2-4-11-27)24-26-18-20-31(21-19-26)45-23-9-22-40(36(42)28-12-7-13-28)30-15-8-14-29(38)25-30/h2-6,8,10-11,14-21,25,28,34,39H,7,9,12-13,22-24H2,1H3. The van der Waals surface area contributed by atoms with E-state index in [2.05, 4.69) is 5.32 Å². The van der Waals surface area contributed by atoms with Crippen LogP contribution in [0.3, 0.4) is 0 Å². The number of carbonyl (C=O) groups excluding carboxylic acids is 3. The van der Waals surface area contributed by atoms with E-state index >= 15 is 0 Å². The zero-order chi connectivity index (χ0) is 31.6. The van der Waals surface area contributed by atoms with Crippen molar-refractivity contribution in [3.05, 3.63) is 126 Å². The molecule has 0 spiro atoms. The average molecular weight is 609 g/mol. The van der Waals surface area contributed by atoms with Crippen molar-refractivity contribution >= 4 is 29.0 Å². The Labute approximate surface area is 263 Å². The Balaban J connectivity index is 1.19. The maximum absolute atomic E-state index is 13.9. The Morgan fingerprint density at radius 1 is 0.911 bits per heavy atom. The number of benzene rings is 4. The first-order valence-electron chi connectivity index (χ1n) is 15.2. The van der Waals surface area contributed by atoms with Crippen LogP contribution in [0.25, 0.3) is 0 Å². The second-order valence-electron chi connectivity index (χ2n) is 11.1. The van der Waals surface area contributed by atoms with Gasteiger partial charge in [0, 0.05) is 41.4 Å². The minimum Gasteiger partial charge on any atom is -0.494 e. The van der Waals surface area contributed by atoms with E-state index in [9.17, 15) is 18.8 Å². The predicted octanol–water partition coefficient (Wildman–Crippen LogP) is 6.86. The van der Waals surface area contributed by atoms with Crippen molar-refractivity contribution in [3.63, 3.8) is 0 Å². The monoisotopic (exact) mass is 608 g/mol. The van der Waals surface area contributed by atoms with Gasteiger partial charge in [0.25, 0.3) is 0 Å². The summed E-state index contributed by atoms with van der Waals surface area (Å²) in [6, 6.07) is 29.0. The molecule has 1 aliphatic carbocycles. The number of ketones is 1. The summed E-state index contributed by atoms with van der Waals surface area (Å²) in [5, 5.41) is 3.22. The van der Waals surface area contributed by atoms with Crippen LogP contribution in [0.2, 0.25) is 0 Å². The van der Waals surface area contributed by atoms with Crippen LogP contribution in [0.5, 0.6) is 5.75 Å². The number of nitrogens with zero attached hydrogens (tertiary/aromatic N) is 1. The van der Waals surface area contributed by atoms with E-state index in [1.54, 1.807) is 47.4 Å². The summed E-state index contributed by atoms with van der Waals surface area (Å²) in [5.41, 5.74) is 3.01. The molecule has 5 rings (SSSR count). The number of hydrogen-bond donors (Lipinski definition) is 1. The Morgan fingerprint density at radius 3 is 2.33 bits per heavy atom. The first-order valence-corrected chi connectivity index (χ1v) is 15.2. The topological polar surface area (TPSA) is 84.9 Å². The van der Waals surface area contributed by atoms with Crippen molar-refractivity contribution in [1.29, 1.82) is 0 Å².